The van der Waals surface area contributed by atoms with Gasteiger partial charge in [-0.1, -0.05) is 0 Å². The van der Waals surface area contributed by atoms with Crippen LogP contribution in [-0.4, -0.2) is 23.7 Å². The lowest BCUT2D eigenvalue weighted by atomic mass is 10.2. The van der Waals surface area contributed by atoms with E-state index in [9.17, 15) is 4.79 Å². The second-order valence-corrected chi connectivity index (χ2v) is 2.53. The Balaban J connectivity index is 2.48. The number of primary amides is 1. The van der Waals surface area contributed by atoms with Crippen molar-refractivity contribution in [3.8, 4) is 5.75 Å². The van der Waals surface area contributed by atoms with Gasteiger partial charge in [0.25, 0.3) is 0 Å². The Labute approximate surface area is 74.3 Å². The van der Waals surface area contributed by atoms with E-state index in [0.29, 0.717) is 23.7 Å². The number of rotatable bonds is 1. The lowest BCUT2D eigenvalue weighted by molar-refractivity contribution is 0.0999. The van der Waals surface area contributed by atoms with Gasteiger partial charge < -0.3 is 10.5 Å². The number of amides is 1. The number of aromatic nitrogens is 1. The van der Waals surface area contributed by atoms with E-state index < -0.39 is 5.91 Å². The van der Waals surface area contributed by atoms with Gasteiger partial charge in [-0.25, -0.2) is 9.98 Å². The van der Waals surface area contributed by atoms with Gasteiger partial charge in [-0.15, -0.1) is 0 Å². The molecular weight excluding hydrogens is 170 g/mol. The lowest BCUT2D eigenvalue weighted by Gasteiger charge is -2.10. The van der Waals surface area contributed by atoms with Gasteiger partial charge in [0.1, 0.15) is 6.61 Å². The van der Waals surface area contributed by atoms with Crippen LogP contribution in [0.1, 0.15) is 10.4 Å². The van der Waals surface area contributed by atoms with E-state index in [1.165, 1.54) is 6.20 Å². The van der Waals surface area contributed by atoms with Crippen molar-refractivity contribution in [3.63, 3.8) is 0 Å². The van der Waals surface area contributed by atoms with Crippen molar-refractivity contribution in [2.24, 2.45) is 10.7 Å². The smallest absolute Gasteiger partial charge is 0.250 e. The maximum Gasteiger partial charge on any atom is 0.250 e. The first-order valence-electron chi connectivity index (χ1n) is 3.72. The summed E-state index contributed by atoms with van der Waals surface area (Å²) in [7, 11) is 0. The van der Waals surface area contributed by atoms with Crippen LogP contribution >= 0.6 is 0 Å². The van der Waals surface area contributed by atoms with Crippen molar-refractivity contribution < 1.29 is 9.53 Å². The molecule has 1 aliphatic rings. The number of hydrogen-bond acceptors (Lipinski definition) is 4. The summed E-state index contributed by atoms with van der Waals surface area (Å²) in [5, 5.41) is 0. The number of pyridine rings is 1. The lowest BCUT2D eigenvalue weighted by Crippen LogP contribution is -2.12. The number of fused-ring (bicyclic) bond motifs is 1. The molecule has 0 bridgehead atoms. The maximum atomic E-state index is 10.8. The van der Waals surface area contributed by atoms with Crippen LogP contribution in [0.3, 0.4) is 0 Å². The van der Waals surface area contributed by atoms with E-state index in [2.05, 4.69) is 9.98 Å². The van der Waals surface area contributed by atoms with Gasteiger partial charge in [-0.05, 0) is 6.07 Å². The summed E-state index contributed by atoms with van der Waals surface area (Å²) in [6.45, 7) is 0.400. The molecule has 0 aromatic carbocycles. The third-order valence-electron chi connectivity index (χ3n) is 1.64. The summed E-state index contributed by atoms with van der Waals surface area (Å²) < 4.78 is 5.19. The Morgan fingerprint density at radius 2 is 2.46 bits per heavy atom. The van der Waals surface area contributed by atoms with E-state index in [1.807, 2.05) is 0 Å². The molecule has 5 heteroatoms. The molecule has 0 aliphatic carbocycles. The van der Waals surface area contributed by atoms with E-state index in [4.69, 9.17) is 10.5 Å². The Morgan fingerprint density at radius 1 is 1.62 bits per heavy atom. The zero-order valence-corrected chi connectivity index (χ0v) is 6.73. The molecule has 1 amide bonds. The number of aliphatic imine (C=N–C) groups is 1. The zero-order chi connectivity index (χ0) is 9.26. The minimum atomic E-state index is -0.520. The highest BCUT2D eigenvalue weighted by atomic mass is 16.5. The Kier molecular flexibility index (Phi) is 1.70. The first-order chi connectivity index (χ1) is 6.27. The van der Waals surface area contributed by atoms with Crippen LogP contribution in [0.4, 0.5) is 5.82 Å². The molecule has 2 heterocycles. The van der Waals surface area contributed by atoms with Gasteiger partial charge >= 0.3 is 0 Å². The van der Waals surface area contributed by atoms with E-state index in [0.717, 1.165) is 0 Å². The summed E-state index contributed by atoms with van der Waals surface area (Å²) in [5.41, 5.74) is 5.40. The van der Waals surface area contributed by atoms with Crippen molar-refractivity contribution in [2.45, 2.75) is 0 Å². The van der Waals surface area contributed by atoms with Crippen LogP contribution in [0.5, 0.6) is 5.75 Å². The molecule has 0 atom stereocenters. The van der Waals surface area contributed by atoms with Crippen LogP contribution in [0.25, 0.3) is 0 Å². The minimum absolute atomic E-state index is 0.329. The largest absolute Gasteiger partial charge is 0.484 e. The highest BCUT2D eigenvalue weighted by Crippen LogP contribution is 2.27. The molecule has 0 unspecified atom stereocenters. The van der Waals surface area contributed by atoms with Crippen LogP contribution < -0.4 is 10.5 Å². The van der Waals surface area contributed by atoms with Gasteiger partial charge in [0.2, 0.25) is 5.91 Å². The second-order valence-electron chi connectivity index (χ2n) is 2.53. The summed E-state index contributed by atoms with van der Waals surface area (Å²) in [6.07, 6.45) is 2.99. The van der Waals surface area contributed by atoms with Crippen molar-refractivity contribution in [1.29, 1.82) is 0 Å². The number of carbonyl (C=O) groups excluding carboxylic acids is 1. The summed E-state index contributed by atoms with van der Waals surface area (Å²) in [5.74, 6) is 0.462. The van der Waals surface area contributed by atoms with Crippen molar-refractivity contribution in [1.82, 2.24) is 4.98 Å². The quantitative estimate of drug-likeness (QED) is 0.669. The first kappa shape index (κ1) is 7.72. The van der Waals surface area contributed by atoms with Crippen LogP contribution in [-0.2, 0) is 0 Å². The Morgan fingerprint density at radius 3 is 3.23 bits per heavy atom. The molecule has 0 saturated carbocycles. The molecule has 5 nitrogen and oxygen atoms in total. The minimum Gasteiger partial charge on any atom is -0.484 e. The molecule has 1 aromatic rings. The standard InChI is InChI=1S/C8H7N3O2/c9-7(12)5-3-6-8(11-4-5)10-1-2-13-6/h1,3-4H,2H2,(H2,9,12). The molecule has 1 aromatic heterocycles. The molecule has 66 valence electrons. The second kappa shape index (κ2) is 2.85. The molecule has 2 rings (SSSR count). The molecule has 0 radical (unpaired) electrons. The van der Waals surface area contributed by atoms with E-state index in [-0.39, 0.29) is 0 Å². The number of nitrogens with zero attached hydrogens (tertiary/aromatic N) is 2. The van der Waals surface area contributed by atoms with Gasteiger partial charge in [0.05, 0.1) is 5.56 Å². The average Bonchev–Trinajstić information content (AvgIpc) is 2.17. The predicted octanol–water partition coefficient (Wildman–Crippen LogP) is 0.275. The third-order valence-corrected chi connectivity index (χ3v) is 1.64. The maximum absolute atomic E-state index is 10.8. The van der Waals surface area contributed by atoms with Crippen LogP contribution in [0, 0.1) is 0 Å². The molecule has 2 N–H and O–H groups in total. The molecular formula is C8H7N3O2. The first-order valence-corrected chi connectivity index (χ1v) is 3.72. The predicted molar refractivity (Wildman–Crippen MR) is 46.4 cm³/mol. The summed E-state index contributed by atoms with van der Waals surface area (Å²) >= 11 is 0. The molecule has 13 heavy (non-hydrogen) atoms. The fraction of sp³-hybridized carbons (Fsp3) is 0.125. The normalized spacial score (nSPS) is 13.2. The van der Waals surface area contributed by atoms with Gasteiger partial charge in [0.15, 0.2) is 11.6 Å². The topological polar surface area (TPSA) is 77.6 Å². The monoisotopic (exact) mass is 177 g/mol. The van der Waals surface area contributed by atoms with Crippen molar-refractivity contribution >= 4 is 17.9 Å². The summed E-state index contributed by atoms with van der Waals surface area (Å²) in [6, 6.07) is 1.54. The van der Waals surface area contributed by atoms with Gasteiger partial charge in [-0.3, -0.25) is 4.79 Å². The van der Waals surface area contributed by atoms with Gasteiger partial charge in [-0.2, -0.15) is 0 Å². The average molecular weight is 177 g/mol. The zero-order valence-electron chi connectivity index (χ0n) is 6.73. The van der Waals surface area contributed by atoms with Crippen LogP contribution in [0.15, 0.2) is 17.3 Å². The Hall–Kier alpha value is -1.91. The number of carbonyl (C=O) groups is 1. The third kappa shape index (κ3) is 1.35. The molecule has 1 aliphatic heterocycles. The fourth-order valence-corrected chi connectivity index (χ4v) is 1.03. The number of ether oxygens (including phenoxy) is 1. The van der Waals surface area contributed by atoms with E-state index in [1.54, 1.807) is 12.3 Å². The highest BCUT2D eigenvalue weighted by molar-refractivity contribution is 5.93. The van der Waals surface area contributed by atoms with Crippen molar-refractivity contribution in [3.05, 3.63) is 17.8 Å². The SMILES string of the molecule is NC(=O)c1cnc2c(c1)OCC=N2. The molecule has 0 fully saturated rings. The van der Waals surface area contributed by atoms with E-state index >= 15 is 0 Å². The van der Waals surface area contributed by atoms with Gasteiger partial charge in [0, 0.05) is 12.4 Å². The molecule has 0 spiro atoms. The number of nitrogens with two attached hydrogens (primary N) is 1. The highest BCUT2D eigenvalue weighted by Gasteiger charge is 2.10. The van der Waals surface area contributed by atoms with Crippen LogP contribution in [0.2, 0.25) is 0 Å². The Bertz CT molecular complexity index is 387. The summed E-state index contributed by atoms with van der Waals surface area (Å²) in [4.78, 5) is 18.7. The number of hydrogen-bond donors (Lipinski definition) is 1. The molecule has 0 saturated heterocycles. The van der Waals surface area contributed by atoms with Crippen molar-refractivity contribution in [2.75, 3.05) is 6.61 Å². The fourth-order valence-electron chi connectivity index (χ4n) is 1.03.